The van der Waals surface area contributed by atoms with Gasteiger partial charge in [-0.05, 0) is 30.0 Å². The van der Waals surface area contributed by atoms with Crippen molar-refractivity contribution in [1.82, 2.24) is 10.6 Å². The van der Waals surface area contributed by atoms with Crippen LogP contribution in [0.5, 0.6) is 0 Å². The van der Waals surface area contributed by atoms with E-state index in [4.69, 9.17) is 0 Å². The lowest BCUT2D eigenvalue weighted by atomic mass is 9.99. The van der Waals surface area contributed by atoms with Crippen LogP contribution in [-0.4, -0.2) is 19.0 Å². The Morgan fingerprint density at radius 2 is 1.42 bits per heavy atom. The molecule has 0 aliphatic rings. The summed E-state index contributed by atoms with van der Waals surface area (Å²) in [5.74, 6) is 0.665. The number of nitrogens with one attached hydrogen (secondary N) is 2. The van der Waals surface area contributed by atoms with E-state index in [0.29, 0.717) is 12.5 Å². The van der Waals surface area contributed by atoms with Crippen molar-refractivity contribution in [2.45, 2.75) is 26.3 Å². The monoisotopic (exact) mass is 345 g/mol. The van der Waals surface area contributed by atoms with Gasteiger partial charge < -0.3 is 23.0 Å². The van der Waals surface area contributed by atoms with Crippen LogP contribution >= 0.6 is 0 Å². The van der Waals surface area contributed by atoms with E-state index in [-0.39, 0.29) is 24.4 Å². The Morgan fingerprint density at radius 3 is 1.88 bits per heavy atom. The fraction of sp³-hybridized carbons (Fsp3) is 0.350. The second-order valence-corrected chi connectivity index (χ2v) is 6.18. The summed E-state index contributed by atoms with van der Waals surface area (Å²) in [5, 5.41) is 6.35. The maximum Gasteiger partial charge on any atom is 0.234 e. The predicted octanol–water partition coefficient (Wildman–Crippen LogP) is 0.532. The Labute approximate surface area is 151 Å². The predicted molar refractivity (Wildman–Crippen MR) is 95.2 cm³/mol. The Hall–Kier alpha value is -1.84. The number of amides is 1. The molecule has 0 fully saturated rings. The molecule has 4 heteroatoms. The molecule has 0 saturated carbocycles. The van der Waals surface area contributed by atoms with E-state index in [9.17, 15) is 4.79 Å². The number of benzene rings is 2. The fourth-order valence-electron chi connectivity index (χ4n) is 2.45. The minimum Gasteiger partial charge on any atom is -1.00 e. The highest BCUT2D eigenvalue weighted by atomic mass is 35.5. The Balaban J connectivity index is 0.00000288. The van der Waals surface area contributed by atoms with Gasteiger partial charge in [-0.3, -0.25) is 4.79 Å². The van der Waals surface area contributed by atoms with Crippen LogP contribution in [0, 0.1) is 5.92 Å². The molecule has 2 aromatic carbocycles. The third-order valence-corrected chi connectivity index (χ3v) is 3.76. The number of carbonyl (C=O) groups is 1. The van der Waals surface area contributed by atoms with Crippen molar-refractivity contribution in [3.63, 3.8) is 0 Å². The van der Waals surface area contributed by atoms with E-state index in [1.54, 1.807) is 0 Å². The van der Waals surface area contributed by atoms with E-state index in [2.05, 4.69) is 24.5 Å². The van der Waals surface area contributed by atoms with Crippen LogP contribution in [0.3, 0.4) is 0 Å². The summed E-state index contributed by atoms with van der Waals surface area (Å²) in [6.07, 6.45) is 1.08. The summed E-state index contributed by atoms with van der Waals surface area (Å²) >= 11 is 0. The molecule has 0 aliphatic heterocycles. The van der Waals surface area contributed by atoms with E-state index < -0.39 is 0 Å². The van der Waals surface area contributed by atoms with Gasteiger partial charge in [0, 0.05) is 0 Å². The zero-order chi connectivity index (χ0) is 16.5. The van der Waals surface area contributed by atoms with E-state index in [1.165, 1.54) is 0 Å². The molecule has 0 heterocycles. The van der Waals surface area contributed by atoms with Gasteiger partial charge in [0.05, 0.1) is 12.6 Å². The average Bonchev–Trinajstić information content (AvgIpc) is 2.58. The van der Waals surface area contributed by atoms with Crippen molar-refractivity contribution in [2.75, 3.05) is 13.1 Å². The van der Waals surface area contributed by atoms with Crippen LogP contribution in [0.1, 0.15) is 37.4 Å². The number of rotatable bonds is 8. The smallest absolute Gasteiger partial charge is 0.234 e. The standard InChI is InChI=1S/C20H26N2O.ClH/c1-16(2)13-14-21-15-19(23)22-20(17-9-5-3-6-10-17)18-11-7-4-8-12-18;/h3-12,16,20-21H,13-15H2,1-2H3,(H,22,23);1H/p-1. The minimum absolute atomic E-state index is 0. The third kappa shape index (κ3) is 6.73. The molecule has 0 saturated heterocycles. The number of halogens is 1. The van der Waals surface area contributed by atoms with Crippen LogP contribution in [0.15, 0.2) is 60.7 Å². The molecular formula is C20H26ClN2O-. The van der Waals surface area contributed by atoms with E-state index in [0.717, 1.165) is 24.1 Å². The lowest BCUT2D eigenvalue weighted by Crippen LogP contribution is -3.00. The summed E-state index contributed by atoms with van der Waals surface area (Å²) in [6.45, 7) is 5.58. The average molecular weight is 346 g/mol. The molecule has 2 aromatic rings. The molecule has 1 amide bonds. The van der Waals surface area contributed by atoms with Gasteiger partial charge in [-0.2, -0.15) is 0 Å². The second-order valence-electron chi connectivity index (χ2n) is 6.18. The van der Waals surface area contributed by atoms with Crippen LogP contribution in [0.4, 0.5) is 0 Å². The first kappa shape index (κ1) is 20.2. The summed E-state index contributed by atoms with van der Waals surface area (Å²) < 4.78 is 0. The number of hydrogen-bond donors (Lipinski definition) is 2. The topological polar surface area (TPSA) is 41.1 Å². The van der Waals surface area contributed by atoms with Gasteiger partial charge in [-0.25, -0.2) is 0 Å². The molecule has 0 aliphatic carbocycles. The lowest BCUT2D eigenvalue weighted by Gasteiger charge is -2.20. The largest absolute Gasteiger partial charge is 1.00 e. The first-order valence-electron chi connectivity index (χ1n) is 8.27. The Kier molecular flexibility index (Phi) is 9.13. The van der Waals surface area contributed by atoms with Crippen molar-refractivity contribution >= 4 is 5.91 Å². The van der Waals surface area contributed by atoms with E-state index in [1.807, 2.05) is 60.7 Å². The first-order valence-corrected chi connectivity index (χ1v) is 8.27. The highest BCUT2D eigenvalue weighted by molar-refractivity contribution is 5.79. The van der Waals surface area contributed by atoms with E-state index >= 15 is 0 Å². The maximum absolute atomic E-state index is 12.3. The molecule has 0 aromatic heterocycles. The normalized spacial score (nSPS) is 10.5. The molecule has 0 spiro atoms. The molecule has 130 valence electrons. The van der Waals surface area contributed by atoms with Crippen molar-refractivity contribution in [3.05, 3.63) is 71.8 Å². The quantitative estimate of drug-likeness (QED) is 0.685. The molecule has 2 rings (SSSR count). The Morgan fingerprint density at radius 1 is 0.917 bits per heavy atom. The zero-order valence-electron chi connectivity index (χ0n) is 14.3. The molecule has 0 radical (unpaired) electrons. The van der Waals surface area contributed by atoms with Crippen molar-refractivity contribution in [3.8, 4) is 0 Å². The van der Waals surface area contributed by atoms with Gasteiger partial charge in [0.15, 0.2) is 0 Å². The second kappa shape index (κ2) is 10.8. The number of carbonyl (C=O) groups excluding carboxylic acids is 1. The third-order valence-electron chi connectivity index (χ3n) is 3.76. The highest BCUT2D eigenvalue weighted by Gasteiger charge is 2.16. The van der Waals surface area contributed by atoms with Crippen molar-refractivity contribution < 1.29 is 17.2 Å². The molecule has 24 heavy (non-hydrogen) atoms. The zero-order valence-corrected chi connectivity index (χ0v) is 15.1. The lowest BCUT2D eigenvalue weighted by molar-refractivity contribution is -0.120. The van der Waals surface area contributed by atoms with Crippen LogP contribution < -0.4 is 23.0 Å². The Bertz CT molecular complexity index is 548. The molecule has 0 atom stereocenters. The SMILES string of the molecule is CC(C)CCNCC(=O)NC(c1ccccc1)c1ccccc1.[Cl-]. The van der Waals surface area contributed by atoms with Gasteiger partial charge in [0.1, 0.15) is 0 Å². The molecule has 3 nitrogen and oxygen atoms in total. The fourth-order valence-corrected chi connectivity index (χ4v) is 2.45. The minimum atomic E-state index is -0.114. The van der Waals surface area contributed by atoms with Gasteiger partial charge in [0.2, 0.25) is 5.91 Å². The number of hydrogen-bond acceptors (Lipinski definition) is 2. The molecule has 0 bridgehead atoms. The van der Waals surface area contributed by atoms with Gasteiger partial charge in [-0.1, -0.05) is 74.5 Å². The van der Waals surface area contributed by atoms with Crippen LogP contribution in [-0.2, 0) is 4.79 Å². The summed E-state index contributed by atoms with van der Waals surface area (Å²) in [6, 6.07) is 20.0. The highest BCUT2D eigenvalue weighted by Crippen LogP contribution is 2.21. The van der Waals surface area contributed by atoms with Gasteiger partial charge in [-0.15, -0.1) is 0 Å². The van der Waals surface area contributed by atoms with Gasteiger partial charge >= 0.3 is 0 Å². The van der Waals surface area contributed by atoms with Crippen molar-refractivity contribution in [1.29, 1.82) is 0 Å². The maximum atomic E-state index is 12.3. The molecular weight excluding hydrogens is 320 g/mol. The van der Waals surface area contributed by atoms with Crippen LogP contribution in [0.25, 0.3) is 0 Å². The molecule has 2 N–H and O–H groups in total. The van der Waals surface area contributed by atoms with Crippen molar-refractivity contribution in [2.24, 2.45) is 5.92 Å². The summed E-state index contributed by atoms with van der Waals surface area (Å²) in [7, 11) is 0. The molecule has 0 unspecified atom stereocenters. The van der Waals surface area contributed by atoms with Crippen LogP contribution in [0.2, 0.25) is 0 Å². The summed E-state index contributed by atoms with van der Waals surface area (Å²) in [5.41, 5.74) is 2.18. The first-order chi connectivity index (χ1) is 11.2. The summed E-state index contributed by atoms with van der Waals surface area (Å²) in [4.78, 5) is 12.3. The van der Waals surface area contributed by atoms with Gasteiger partial charge in [0.25, 0.3) is 0 Å².